The molecule has 1 aliphatic heterocycles. The lowest BCUT2D eigenvalue weighted by Crippen LogP contribution is -2.47. The van der Waals surface area contributed by atoms with Gasteiger partial charge in [-0.3, -0.25) is 9.59 Å². The molecule has 1 fully saturated rings. The quantitative estimate of drug-likeness (QED) is 0.595. The Balaban J connectivity index is 1.39. The number of hydrogen-bond donors (Lipinski definition) is 1. The normalized spacial score (nSPS) is 15.5. The van der Waals surface area contributed by atoms with Crippen molar-refractivity contribution in [2.75, 3.05) is 13.1 Å². The Labute approximate surface area is 180 Å². The van der Waals surface area contributed by atoms with Gasteiger partial charge >= 0.3 is 0 Å². The number of nitrogens with one attached hydrogen (secondary N) is 1. The maximum Gasteiger partial charge on any atom is 0.257 e. The van der Waals surface area contributed by atoms with E-state index in [1.54, 1.807) is 17.8 Å². The molecule has 1 atom stereocenters. The van der Waals surface area contributed by atoms with E-state index in [0.717, 1.165) is 23.3 Å². The molecular formula is C24H24N2O3S. The maximum atomic E-state index is 13.2. The van der Waals surface area contributed by atoms with Gasteiger partial charge in [-0.25, -0.2) is 0 Å². The molecule has 5 nitrogen and oxygen atoms in total. The Morgan fingerprint density at radius 2 is 1.63 bits per heavy atom. The van der Waals surface area contributed by atoms with Gasteiger partial charge in [-0.1, -0.05) is 48.5 Å². The Hall–Kier alpha value is -2.99. The molecule has 4 rings (SSSR count). The monoisotopic (exact) mass is 420 g/mol. The lowest BCUT2D eigenvalue weighted by atomic mass is 10.0. The van der Waals surface area contributed by atoms with E-state index in [4.69, 9.17) is 4.42 Å². The van der Waals surface area contributed by atoms with Crippen LogP contribution in [0.25, 0.3) is 0 Å². The van der Waals surface area contributed by atoms with Gasteiger partial charge in [0.25, 0.3) is 5.91 Å². The Morgan fingerprint density at radius 3 is 2.27 bits per heavy atom. The van der Waals surface area contributed by atoms with E-state index in [0.29, 0.717) is 18.7 Å². The molecule has 2 amide bonds. The van der Waals surface area contributed by atoms with Gasteiger partial charge in [-0.15, -0.1) is 11.8 Å². The van der Waals surface area contributed by atoms with Gasteiger partial charge in [0, 0.05) is 24.0 Å². The highest BCUT2D eigenvalue weighted by molar-refractivity contribution is 8.00. The van der Waals surface area contributed by atoms with Crippen LogP contribution in [0.5, 0.6) is 0 Å². The summed E-state index contributed by atoms with van der Waals surface area (Å²) in [7, 11) is 0. The lowest BCUT2D eigenvalue weighted by Gasteiger charge is -2.33. The summed E-state index contributed by atoms with van der Waals surface area (Å²) in [5, 5.41) is 2.90. The minimum absolute atomic E-state index is 0.00895. The van der Waals surface area contributed by atoms with Gasteiger partial charge in [-0.05, 0) is 36.6 Å². The van der Waals surface area contributed by atoms with Gasteiger partial charge < -0.3 is 14.6 Å². The largest absolute Gasteiger partial charge is 0.472 e. The van der Waals surface area contributed by atoms with Crippen LogP contribution in [0.3, 0.4) is 0 Å². The average Bonchev–Trinajstić information content (AvgIpc) is 3.34. The third-order valence-corrected chi connectivity index (χ3v) is 6.50. The second-order valence-electron chi connectivity index (χ2n) is 7.31. The van der Waals surface area contributed by atoms with Crippen LogP contribution < -0.4 is 5.32 Å². The van der Waals surface area contributed by atoms with Gasteiger partial charge in [0.15, 0.2) is 0 Å². The van der Waals surface area contributed by atoms with Crippen molar-refractivity contribution < 1.29 is 14.0 Å². The minimum Gasteiger partial charge on any atom is -0.472 e. The summed E-state index contributed by atoms with van der Waals surface area (Å²) in [6, 6.07) is 21.6. The standard InChI is InChI=1S/C24H24N2O3S/c27-23(22(18-7-3-1-4-8-18)30-21-9-5-2-6-10-21)25-20-11-14-26(15-12-20)24(28)19-13-16-29-17-19/h1-10,13,16-17,20,22H,11-12,14-15H2,(H,25,27)/t22-/m0/s1. The maximum absolute atomic E-state index is 13.2. The van der Waals surface area contributed by atoms with Crippen molar-refractivity contribution in [3.8, 4) is 0 Å². The van der Waals surface area contributed by atoms with Gasteiger partial charge in [0.05, 0.1) is 11.8 Å². The summed E-state index contributed by atoms with van der Waals surface area (Å²) in [6.07, 6.45) is 4.47. The molecule has 0 bridgehead atoms. The van der Waals surface area contributed by atoms with Gasteiger partial charge in [0.2, 0.25) is 5.91 Å². The fraction of sp³-hybridized carbons (Fsp3) is 0.250. The lowest BCUT2D eigenvalue weighted by molar-refractivity contribution is -0.121. The predicted octanol–water partition coefficient (Wildman–Crippen LogP) is 4.53. The van der Waals surface area contributed by atoms with E-state index in [1.807, 2.05) is 65.6 Å². The van der Waals surface area contributed by atoms with E-state index >= 15 is 0 Å². The highest BCUT2D eigenvalue weighted by atomic mass is 32.2. The van der Waals surface area contributed by atoms with Crippen molar-refractivity contribution >= 4 is 23.6 Å². The van der Waals surface area contributed by atoms with Crippen molar-refractivity contribution in [1.82, 2.24) is 10.2 Å². The van der Waals surface area contributed by atoms with Crippen molar-refractivity contribution in [2.45, 2.75) is 29.0 Å². The number of likely N-dealkylation sites (tertiary alicyclic amines) is 1. The Morgan fingerprint density at radius 1 is 0.967 bits per heavy atom. The van der Waals surface area contributed by atoms with Gasteiger partial charge in [0.1, 0.15) is 11.5 Å². The summed E-state index contributed by atoms with van der Waals surface area (Å²) < 4.78 is 5.01. The number of rotatable bonds is 6. The predicted molar refractivity (Wildman–Crippen MR) is 117 cm³/mol. The van der Waals surface area contributed by atoms with Crippen LogP contribution in [0.15, 0.2) is 88.6 Å². The molecule has 3 aromatic rings. The topological polar surface area (TPSA) is 62.6 Å². The van der Waals surface area contributed by atoms with Crippen LogP contribution in [0.2, 0.25) is 0 Å². The molecule has 1 saturated heterocycles. The second kappa shape index (κ2) is 9.67. The number of piperidine rings is 1. The van der Waals surface area contributed by atoms with E-state index in [1.165, 1.54) is 12.5 Å². The molecule has 0 spiro atoms. The Bertz CT molecular complexity index is 953. The zero-order chi connectivity index (χ0) is 20.8. The summed E-state index contributed by atoms with van der Waals surface area (Å²) in [5.41, 5.74) is 1.55. The number of hydrogen-bond acceptors (Lipinski definition) is 4. The molecule has 30 heavy (non-hydrogen) atoms. The zero-order valence-corrected chi connectivity index (χ0v) is 17.4. The van der Waals surface area contributed by atoms with Crippen LogP contribution in [0.1, 0.15) is 34.0 Å². The minimum atomic E-state index is -0.320. The first-order valence-corrected chi connectivity index (χ1v) is 11.0. The number of carbonyl (C=O) groups is 2. The van der Waals surface area contributed by atoms with Crippen molar-refractivity contribution in [1.29, 1.82) is 0 Å². The molecular weight excluding hydrogens is 396 g/mol. The van der Waals surface area contributed by atoms with Crippen molar-refractivity contribution in [3.63, 3.8) is 0 Å². The fourth-order valence-electron chi connectivity index (χ4n) is 3.61. The van der Waals surface area contributed by atoms with E-state index in [9.17, 15) is 9.59 Å². The third kappa shape index (κ3) is 4.94. The number of carbonyl (C=O) groups excluding carboxylic acids is 2. The first-order valence-electron chi connectivity index (χ1n) is 10.1. The smallest absolute Gasteiger partial charge is 0.257 e. The molecule has 0 radical (unpaired) electrons. The number of furan rings is 1. The first-order chi connectivity index (χ1) is 14.7. The summed E-state index contributed by atoms with van der Waals surface area (Å²) in [4.78, 5) is 28.5. The summed E-state index contributed by atoms with van der Waals surface area (Å²) in [5.74, 6) is -0.00927. The average molecular weight is 421 g/mol. The van der Waals surface area contributed by atoms with Crippen molar-refractivity contribution in [3.05, 3.63) is 90.4 Å². The molecule has 2 aromatic carbocycles. The van der Waals surface area contributed by atoms with Gasteiger partial charge in [-0.2, -0.15) is 0 Å². The molecule has 2 heterocycles. The molecule has 1 aromatic heterocycles. The summed E-state index contributed by atoms with van der Waals surface area (Å²) >= 11 is 1.56. The first kappa shape index (κ1) is 20.3. The zero-order valence-electron chi connectivity index (χ0n) is 16.6. The third-order valence-electron chi connectivity index (χ3n) is 5.23. The van der Waals surface area contributed by atoms with E-state index in [2.05, 4.69) is 5.32 Å². The van der Waals surface area contributed by atoms with Crippen LogP contribution in [-0.2, 0) is 4.79 Å². The molecule has 0 saturated carbocycles. The van der Waals surface area contributed by atoms with Crippen molar-refractivity contribution in [2.24, 2.45) is 0 Å². The van der Waals surface area contributed by atoms with E-state index in [-0.39, 0.29) is 23.1 Å². The fourth-order valence-corrected chi connectivity index (χ4v) is 4.66. The number of amides is 2. The number of nitrogens with zero attached hydrogens (tertiary/aromatic N) is 1. The molecule has 154 valence electrons. The van der Waals surface area contributed by atoms with Crippen LogP contribution in [0.4, 0.5) is 0 Å². The van der Waals surface area contributed by atoms with Crippen LogP contribution >= 0.6 is 11.8 Å². The molecule has 1 N–H and O–H groups in total. The molecule has 6 heteroatoms. The Kier molecular flexibility index (Phi) is 6.54. The molecule has 1 aliphatic rings. The number of thioether (sulfide) groups is 1. The highest BCUT2D eigenvalue weighted by Crippen LogP contribution is 2.35. The number of benzene rings is 2. The SMILES string of the molecule is O=C(NC1CCN(C(=O)c2ccoc2)CC1)[C@@H](Sc1ccccc1)c1ccccc1. The van der Waals surface area contributed by atoms with Crippen LogP contribution in [0, 0.1) is 0 Å². The highest BCUT2D eigenvalue weighted by Gasteiger charge is 2.28. The van der Waals surface area contributed by atoms with Crippen LogP contribution in [-0.4, -0.2) is 35.8 Å². The summed E-state index contributed by atoms with van der Waals surface area (Å²) in [6.45, 7) is 1.24. The molecule has 0 aliphatic carbocycles. The molecule has 0 unspecified atom stereocenters. The second-order valence-corrected chi connectivity index (χ2v) is 8.49. The van der Waals surface area contributed by atoms with E-state index < -0.39 is 0 Å².